The van der Waals surface area contributed by atoms with Gasteiger partial charge in [0.2, 0.25) is 0 Å². The van der Waals surface area contributed by atoms with Gasteiger partial charge in [-0.2, -0.15) is 11.8 Å². The van der Waals surface area contributed by atoms with E-state index in [1.165, 1.54) is 18.9 Å². The minimum absolute atomic E-state index is 0.231. The molecule has 0 spiro atoms. The van der Waals surface area contributed by atoms with Gasteiger partial charge in [-0.25, -0.2) is 0 Å². The van der Waals surface area contributed by atoms with Gasteiger partial charge in [-0.05, 0) is 0 Å². The molecule has 0 aromatic rings. The first-order valence-corrected chi connectivity index (χ1v) is 7.73. The van der Waals surface area contributed by atoms with E-state index < -0.39 is 37.3 Å². The Balaban J connectivity index is 2.23. The zero-order valence-electron chi connectivity index (χ0n) is 11.8. The normalized spacial score (nSPS) is 32.9. The van der Waals surface area contributed by atoms with Crippen LogP contribution in [0.5, 0.6) is 0 Å². The lowest BCUT2D eigenvalue weighted by molar-refractivity contribution is -0.299. The summed E-state index contributed by atoms with van der Waals surface area (Å²) in [5.74, 6) is 0.869. The molecule has 1 aliphatic heterocycles. The third-order valence-electron chi connectivity index (χ3n) is 3.04. The summed E-state index contributed by atoms with van der Waals surface area (Å²) in [6, 6.07) is 0. The van der Waals surface area contributed by atoms with Crippen LogP contribution in [0.1, 0.15) is 6.42 Å². The van der Waals surface area contributed by atoms with Crippen LogP contribution < -0.4 is 0 Å². The summed E-state index contributed by atoms with van der Waals surface area (Å²) >= 11 is 1.47. The highest BCUT2D eigenvalue weighted by atomic mass is 32.2. The predicted octanol–water partition coefficient (Wildman–Crippen LogP) is -1.90. The topological polar surface area (TPSA) is 126 Å². The summed E-state index contributed by atoms with van der Waals surface area (Å²) < 4.78 is 15.0. The fraction of sp³-hybridized carbons (Fsp3) is 0.917. The predicted molar refractivity (Wildman–Crippen MR) is 73.7 cm³/mol. The minimum atomic E-state index is -1.44. The van der Waals surface area contributed by atoms with Crippen molar-refractivity contribution in [3.8, 4) is 0 Å². The Hall–Kier alpha value is -0.420. The van der Waals surface area contributed by atoms with E-state index in [-0.39, 0.29) is 12.6 Å². The van der Waals surface area contributed by atoms with Gasteiger partial charge in [0.05, 0.1) is 26.7 Å². The molecule has 0 amide bonds. The summed E-state index contributed by atoms with van der Waals surface area (Å²) in [6.07, 6.45) is -5.99. The Bertz CT molecular complexity index is 314. The lowest BCUT2D eigenvalue weighted by Crippen LogP contribution is -2.59. The second-order valence-electron chi connectivity index (χ2n) is 4.51. The summed E-state index contributed by atoms with van der Waals surface area (Å²) in [4.78, 5) is 10.9. The van der Waals surface area contributed by atoms with Crippen molar-refractivity contribution >= 4 is 17.7 Å². The van der Waals surface area contributed by atoms with Crippen molar-refractivity contribution in [3.05, 3.63) is 0 Å². The van der Waals surface area contributed by atoms with E-state index in [2.05, 4.69) is 4.74 Å². The summed E-state index contributed by atoms with van der Waals surface area (Å²) in [6.45, 7) is -0.257. The number of hydrogen-bond donors (Lipinski definition) is 4. The maximum absolute atomic E-state index is 10.9. The number of esters is 1. The van der Waals surface area contributed by atoms with Crippen LogP contribution in [0.15, 0.2) is 0 Å². The molecule has 9 heteroatoms. The third kappa shape index (κ3) is 5.70. The number of carbonyl (C=O) groups is 1. The van der Waals surface area contributed by atoms with Crippen LogP contribution >= 0.6 is 11.8 Å². The van der Waals surface area contributed by atoms with Gasteiger partial charge in [0.1, 0.15) is 24.4 Å². The zero-order valence-corrected chi connectivity index (χ0v) is 12.6. The number of methoxy groups -OCH3 is 1. The molecule has 5 atom stereocenters. The summed E-state index contributed by atoms with van der Waals surface area (Å²) in [5.41, 5.74) is 0. The standard InChI is InChI=1S/C12H22O8S/c1-18-8(14)2-4-21-5-3-19-12-11(17)10(16)9(15)7(6-13)20-12/h7,9-13,15-17H,2-6H2,1H3/t7-,9-,10+,11-,12-/m1/s1. The Morgan fingerprint density at radius 1 is 1.19 bits per heavy atom. The molecule has 124 valence electrons. The number of rotatable bonds is 8. The molecule has 1 saturated heterocycles. The molecule has 1 rings (SSSR count). The van der Waals surface area contributed by atoms with Crippen LogP contribution in [-0.4, -0.2) is 88.9 Å². The minimum Gasteiger partial charge on any atom is -0.469 e. The molecule has 0 bridgehead atoms. The zero-order chi connectivity index (χ0) is 15.8. The van der Waals surface area contributed by atoms with E-state index in [9.17, 15) is 20.1 Å². The van der Waals surface area contributed by atoms with Crippen molar-refractivity contribution in [2.75, 3.05) is 31.8 Å². The first kappa shape index (κ1) is 18.6. The number of thioether (sulfide) groups is 1. The van der Waals surface area contributed by atoms with Crippen LogP contribution in [0.4, 0.5) is 0 Å². The first-order valence-electron chi connectivity index (χ1n) is 6.58. The molecule has 1 fully saturated rings. The van der Waals surface area contributed by atoms with E-state index in [1.807, 2.05) is 0 Å². The van der Waals surface area contributed by atoms with Crippen molar-refractivity contribution in [2.45, 2.75) is 37.1 Å². The first-order chi connectivity index (χ1) is 10.0. The largest absolute Gasteiger partial charge is 0.469 e. The SMILES string of the molecule is COC(=O)CCSCCO[C@@H]1O[C@H](CO)[C@@H](O)[C@H](O)[C@H]1O. The molecule has 0 saturated carbocycles. The van der Waals surface area contributed by atoms with Crippen molar-refractivity contribution < 1.29 is 39.4 Å². The second kappa shape index (κ2) is 9.57. The molecular formula is C12H22O8S. The lowest BCUT2D eigenvalue weighted by Gasteiger charge is -2.39. The average Bonchev–Trinajstić information content (AvgIpc) is 2.50. The Kier molecular flexibility index (Phi) is 8.49. The highest BCUT2D eigenvalue weighted by Crippen LogP contribution is 2.22. The van der Waals surface area contributed by atoms with Gasteiger partial charge in [-0.1, -0.05) is 0 Å². The van der Waals surface area contributed by atoms with Crippen molar-refractivity contribution in [1.29, 1.82) is 0 Å². The van der Waals surface area contributed by atoms with E-state index in [0.29, 0.717) is 17.9 Å². The molecule has 0 aromatic heterocycles. The third-order valence-corrected chi connectivity index (χ3v) is 3.98. The number of hydrogen-bond acceptors (Lipinski definition) is 9. The summed E-state index contributed by atoms with van der Waals surface area (Å²) in [5, 5.41) is 37.9. The fourth-order valence-corrected chi connectivity index (χ4v) is 2.52. The van der Waals surface area contributed by atoms with Gasteiger partial charge in [-0.15, -0.1) is 0 Å². The quantitative estimate of drug-likeness (QED) is 0.299. The van der Waals surface area contributed by atoms with E-state index in [1.54, 1.807) is 0 Å². The van der Waals surface area contributed by atoms with Crippen LogP contribution in [0.3, 0.4) is 0 Å². The van der Waals surface area contributed by atoms with E-state index in [0.717, 1.165) is 0 Å². The van der Waals surface area contributed by atoms with Crippen molar-refractivity contribution in [2.24, 2.45) is 0 Å². The van der Waals surface area contributed by atoms with Gasteiger partial charge in [0.25, 0.3) is 0 Å². The van der Waals surface area contributed by atoms with Gasteiger partial charge in [0, 0.05) is 11.5 Å². The Morgan fingerprint density at radius 3 is 2.52 bits per heavy atom. The van der Waals surface area contributed by atoms with Crippen molar-refractivity contribution in [1.82, 2.24) is 0 Å². The molecule has 8 nitrogen and oxygen atoms in total. The van der Waals surface area contributed by atoms with Crippen LogP contribution in [-0.2, 0) is 19.0 Å². The van der Waals surface area contributed by atoms with Crippen LogP contribution in [0.25, 0.3) is 0 Å². The van der Waals surface area contributed by atoms with Gasteiger partial charge in [-0.3, -0.25) is 4.79 Å². The average molecular weight is 326 g/mol. The number of carbonyl (C=O) groups excluding carboxylic acids is 1. The van der Waals surface area contributed by atoms with Crippen LogP contribution in [0, 0.1) is 0 Å². The second-order valence-corrected chi connectivity index (χ2v) is 5.73. The molecular weight excluding hydrogens is 304 g/mol. The van der Waals surface area contributed by atoms with E-state index >= 15 is 0 Å². The lowest BCUT2D eigenvalue weighted by atomic mass is 9.99. The number of ether oxygens (including phenoxy) is 3. The van der Waals surface area contributed by atoms with Gasteiger partial charge < -0.3 is 34.6 Å². The maximum atomic E-state index is 10.9. The smallest absolute Gasteiger partial charge is 0.306 e. The van der Waals surface area contributed by atoms with Crippen molar-refractivity contribution in [3.63, 3.8) is 0 Å². The Morgan fingerprint density at radius 2 is 1.90 bits per heavy atom. The molecule has 0 radical (unpaired) electrons. The molecule has 1 aliphatic rings. The molecule has 0 unspecified atom stereocenters. The number of aliphatic hydroxyl groups excluding tert-OH is 4. The highest BCUT2D eigenvalue weighted by Gasteiger charge is 2.43. The van der Waals surface area contributed by atoms with Gasteiger partial charge in [0.15, 0.2) is 6.29 Å². The fourth-order valence-electron chi connectivity index (χ4n) is 1.79. The monoisotopic (exact) mass is 326 g/mol. The van der Waals surface area contributed by atoms with Gasteiger partial charge >= 0.3 is 5.97 Å². The molecule has 0 aliphatic carbocycles. The maximum Gasteiger partial charge on any atom is 0.306 e. The highest BCUT2D eigenvalue weighted by molar-refractivity contribution is 7.99. The molecule has 0 aromatic carbocycles. The molecule has 1 heterocycles. The van der Waals surface area contributed by atoms with E-state index in [4.69, 9.17) is 14.6 Å². The number of aliphatic hydroxyl groups is 4. The summed E-state index contributed by atoms with van der Waals surface area (Å²) in [7, 11) is 1.33. The molecule has 4 N–H and O–H groups in total. The molecule has 21 heavy (non-hydrogen) atoms. The van der Waals surface area contributed by atoms with Crippen LogP contribution in [0.2, 0.25) is 0 Å². The Labute approximate surface area is 127 Å².